The van der Waals surface area contributed by atoms with E-state index in [-0.39, 0.29) is 0 Å². The zero-order valence-electron chi connectivity index (χ0n) is 7.79. The zero-order valence-corrected chi connectivity index (χ0v) is 7.79. The summed E-state index contributed by atoms with van der Waals surface area (Å²) in [5.41, 5.74) is 12.3. The van der Waals surface area contributed by atoms with Gasteiger partial charge >= 0.3 is 0 Å². The van der Waals surface area contributed by atoms with Gasteiger partial charge in [0.2, 0.25) is 0 Å². The van der Waals surface area contributed by atoms with E-state index in [1.165, 1.54) is 23.3 Å². The minimum absolute atomic E-state index is 0.339. The smallest absolute Gasteiger partial charge is 0.251 e. The molecule has 0 saturated carbocycles. The van der Waals surface area contributed by atoms with Crippen molar-refractivity contribution in [1.29, 1.82) is 0 Å². The molecule has 2 aromatic heterocycles. The molecule has 0 unspecified atom stereocenters. The second-order valence-electron chi connectivity index (χ2n) is 2.97. The molecule has 6 nitrogen and oxygen atoms in total. The van der Waals surface area contributed by atoms with Crippen LogP contribution < -0.4 is 11.5 Å². The first-order valence-electron chi connectivity index (χ1n) is 4.23. The summed E-state index contributed by atoms with van der Waals surface area (Å²) in [4.78, 5) is 14.7. The molecule has 2 aromatic rings. The standard InChI is InChI=1S/C9H9N5O/c10-7-4-12-2-1-8(7)14-5-6(3-13-14)9(11)15/h1-5H,10H2,(H2,11,15). The summed E-state index contributed by atoms with van der Waals surface area (Å²) < 4.78 is 1.48. The summed E-state index contributed by atoms with van der Waals surface area (Å²) in [5.74, 6) is -0.520. The van der Waals surface area contributed by atoms with E-state index in [4.69, 9.17) is 11.5 Å². The molecule has 1 amide bonds. The highest BCUT2D eigenvalue weighted by Crippen LogP contribution is 2.14. The van der Waals surface area contributed by atoms with Gasteiger partial charge in [0.15, 0.2) is 0 Å². The maximum absolute atomic E-state index is 10.9. The highest BCUT2D eigenvalue weighted by Gasteiger charge is 2.06. The number of hydrogen-bond donors (Lipinski definition) is 2. The third-order valence-electron chi connectivity index (χ3n) is 1.94. The van der Waals surface area contributed by atoms with Crippen LogP contribution in [0.25, 0.3) is 5.69 Å². The molecule has 0 aliphatic carbocycles. The van der Waals surface area contributed by atoms with Crippen LogP contribution in [0.3, 0.4) is 0 Å². The Kier molecular flexibility index (Phi) is 2.09. The number of nitrogens with zero attached hydrogens (tertiary/aromatic N) is 3. The molecule has 0 spiro atoms. The highest BCUT2D eigenvalue weighted by atomic mass is 16.1. The van der Waals surface area contributed by atoms with Crippen LogP contribution in [-0.2, 0) is 0 Å². The van der Waals surface area contributed by atoms with Crippen molar-refractivity contribution in [3.05, 3.63) is 36.4 Å². The Bertz CT molecular complexity index is 505. The van der Waals surface area contributed by atoms with Crippen molar-refractivity contribution in [3.63, 3.8) is 0 Å². The first kappa shape index (κ1) is 9.20. The van der Waals surface area contributed by atoms with Crippen LogP contribution in [-0.4, -0.2) is 20.7 Å². The monoisotopic (exact) mass is 203 g/mol. The Morgan fingerprint density at radius 3 is 2.80 bits per heavy atom. The van der Waals surface area contributed by atoms with Crippen LogP contribution in [0.2, 0.25) is 0 Å². The topological polar surface area (TPSA) is 99.8 Å². The van der Waals surface area contributed by atoms with Gasteiger partial charge in [0.1, 0.15) is 0 Å². The lowest BCUT2D eigenvalue weighted by molar-refractivity contribution is 0.100. The van der Waals surface area contributed by atoms with E-state index in [9.17, 15) is 4.79 Å². The van der Waals surface area contributed by atoms with Crippen LogP contribution in [0, 0.1) is 0 Å². The van der Waals surface area contributed by atoms with Crippen LogP contribution in [0.5, 0.6) is 0 Å². The maximum atomic E-state index is 10.9. The number of rotatable bonds is 2. The van der Waals surface area contributed by atoms with Gasteiger partial charge < -0.3 is 11.5 Å². The third-order valence-corrected chi connectivity index (χ3v) is 1.94. The fourth-order valence-electron chi connectivity index (χ4n) is 1.19. The molecule has 0 aromatic carbocycles. The van der Waals surface area contributed by atoms with Gasteiger partial charge in [-0.05, 0) is 6.07 Å². The number of aromatic nitrogens is 3. The number of carbonyl (C=O) groups is 1. The number of carbonyl (C=O) groups excluding carboxylic acids is 1. The predicted octanol–water partition coefficient (Wildman–Crippen LogP) is -0.0516. The Morgan fingerprint density at radius 2 is 2.20 bits per heavy atom. The summed E-state index contributed by atoms with van der Waals surface area (Å²) in [6.45, 7) is 0. The summed E-state index contributed by atoms with van der Waals surface area (Å²) in [6.07, 6.45) is 6.02. The normalized spacial score (nSPS) is 10.1. The molecule has 0 saturated heterocycles. The van der Waals surface area contributed by atoms with Gasteiger partial charge in [0, 0.05) is 12.4 Å². The van der Waals surface area contributed by atoms with Gasteiger partial charge in [-0.1, -0.05) is 0 Å². The minimum Gasteiger partial charge on any atom is -0.396 e. The van der Waals surface area contributed by atoms with Crippen molar-refractivity contribution in [2.45, 2.75) is 0 Å². The second kappa shape index (κ2) is 3.41. The van der Waals surface area contributed by atoms with Crippen LogP contribution >= 0.6 is 0 Å². The van der Waals surface area contributed by atoms with E-state index >= 15 is 0 Å². The van der Waals surface area contributed by atoms with Crippen molar-refractivity contribution < 1.29 is 4.79 Å². The van der Waals surface area contributed by atoms with Crippen molar-refractivity contribution >= 4 is 11.6 Å². The Labute approximate surface area is 85.5 Å². The molecule has 0 aliphatic heterocycles. The molecule has 0 aliphatic rings. The van der Waals surface area contributed by atoms with Crippen molar-refractivity contribution in [3.8, 4) is 5.69 Å². The highest BCUT2D eigenvalue weighted by molar-refractivity contribution is 5.92. The number of amides is 1. The fraction of sp³-hybridized carbons (Fsp3) is 0. The molecule has 0 atom stereocenters. The van der Waals surface area contributed by atoms with E-state index in [0.717, 1.165) is 0 Å². The molecular weight excluding hydrogens is 194 g/mol. The molecule has 4 N–H and O–H groups in total. The lowest BCUT2D eigenvalue weighted by Crippen LogP contribution is -2.09. The molecule has 0 bridgehead atoms. The lowest BCUT2D eigenvalue weighted by Gasteiger charge is -2.03. The van der Waals surface area contributed by atoms with E-state index in [1.807, 2.05) is 0 Å². The SMILES string of the molecule is NC(=O)c1cnn(-c2ccncc2N)c1. The second-order valence-corrected chi connectivity index (χ2v) is 2.97. The van der Waals surface area contributed by atoms with Crippen LogP contribution in [0.1, 0.15) is 10.4 Å². The first-order valence-corrected chi connectivity index (χ1v) is 4.23. The zero-order chi connectivity index (χ0) is 10.8. The molecule has 0 radical (unpaired) electrons. The molecule has 15 heavy (non-hydrogen) atoms. The average Bonchev–Trinajstić information content (AvgIpc) is 2.67. The van der Waals surface area contributed by atoms with Gasteiger partial charge in [-0.25, -0.2) is 4.68 Å². The Hall–Kier alpha value is -2.37. The summed E-state index contributed by atoms with van der Waals surface area (Å²) in [6, 6.07) is 1.70. The molecule has 2 heterocycles. The van der Waals surface area contributed by atoms with Crippen LogP contribution in [0.4, 0.5) is 5.69 Å². The van der Waals surface area contributed by atoms with Crippen molar-refractivity contribution in [2.75, 3.05) is 5.73 Å². The maximum Gasteiger partial charge on any atom is 0.251 e. The number of hydrogen-bond acceptors (Lipinski definition) is 4. The Morgan fingerprint density at radius 1 is 1.40 bits per heavy atom. The van der Waals surface area contributed by atoms with Crippen molar-refractivity contribution in [1.82, 2.24) is 14.8 Å². The summed E-state index contributed by atoms with van der Waals surface area (Å²) in [5, 5.41) is 3.98. The number of nitrogen functional groups attached to an aromatic ring is 1. The third kappa shape index (κ3) is 1.64. The molecule has 6 heteroatoms. The van der Waals surface area contributed by atoms with Gasteiger partial charge in [-0.15, -0.1) is 0 Å². The first-order chi connectivity index (χ1) is 7.18. The molecule has 2 rings (SSSR count). The number of primary amides is 1. The number of anilines is 1. The largest absolute Gasteiger partial charge is 0.396 e. The Balaban J connectivity index is 2.46. The molecule has 76 valence electrons. The van der Waals surface area contributed by atoms with E-state index in [2.05, 4.69) is 10.1 Å². The fourth-order valence-corrected chi connectivity index (χ4v) is 1.19. The molecular formula is C9H9N5O. The van der Waals surface area contributed by atoms with E-state index in [0.29, 0.717) is 16.9 Å². The van der Waals surface area contributed by atoms with Gasteiger partial charge in [0.25, 0.3) is 5.91 Å². The van der Waals surface area contributed by atoms with Crippen molar-refractivity contribution in [2.24, 2.45) is 5.73 Å². The quantitative estimate of drug-likeness (QED) is 0.714. The molecule has 0 fully saturated rings. The lowest BCUT2D eigenvalue weighted by atomic mass is 10.3. The average molecular weight is 203 g/mol. The minimum atomic E-state index is -0.520. The van der Waals surface area contributed by atoms with Gasteiger partial charge in [-0.3, -0.25) is 9.78 Å². The van der Waals surface area contributed by atoms with Gasteiger partial charge in [0.05, 0.1) is 29.3 Å². The van der Waals surface area contributed by atoms with Crippen LogP contribution in [0.15, 0.2) is 30.9 Å². The number of pyridine rings is 1. The summed E-state index contributed by atoms with van der Waals surface area (Å²) in [7, 11) is 0. The van der Waals surface area contributed by atoms with E-state index < -0.39 is 5.91 Å². The van der Waals surface area contributed by atoms with Gasteiger partial charge in [-0.2, -0.15) is 5.10 Å². The summed E-state index contributed by atoms with van der Waals surface area (Å²) >= 11 is 0. The van der Waals surface area contributed by atoms with E-state index in [1.54, 1.807) is 12.3 Å². The number of nitrogens with two attached hydrogens (primary N) is 2. The predicted molar refractivity (Wildman–Crippen MR) is 54.3 cm³/mol.